The van der Waals surface area contributed by atoms with Crippen LogP contribution in [0.3, 0.4) is 0 Å². The Morgan fingerprint density at radius 2 is 2.21 bits per heavy atom. The highest BCUT2D eigenvalue weighted by Gasteiger charge is 2.16. The number of hydrogen-bond donors (Lipinski definition) is 1. The summed E-state index contributed by atoms with van der Waals surface area (Å²) >= 11 is 0. The number of carbonyl (C=O) groups is 1. The molecule has 0 aliphatic heterocycles. The fourth-order valence-corrected chi connectivity index (χ4v) is 2.28. The molecule has 1 atom stereocenters. The quantitative estimate of drug-likeness (QED) is 0.853. The lowest BCUT2D eigenvalue weighted by Gasteiger charge is -2.13. The first-order chi connectivity index (χ1) is 9.34. The SMILES string of the molecule is O=C(NC1C=CCC1)c1ccccc1-n1cccn1. The Hall–Kier alpha value is -2.36. The number of para-hydroxylation sites is 1. The van der Waals surface area contributed by atoms with Crippen molar-refractivity contribution in [2.75, 3.05) is 0 Å². The van der Waals surface area contributed by atoms with Gasteiger partial charge in [0.2, 0.25) is 0 Å². The van der Waals surface area contributed by atoms with Crippen LogP contribution in [0.2, 0.25) is 0 Å². The first-order valence-corrected chi connectivity index (χ1v) is 6.41. The second-order valence-corrected chi connectivity index (χ2v) is 4.55. The molecule has 0 saturated heterocycles. The molecule has 1 unspecified atom stereocenters. The smallest absolute Gasteiger partial charge is 0.253 e. The van der Waals surface area contributed by atoms with Crippen LogP contribution < -0.4 is 5.32 Å². The van der Waals surface area contributed by atoms with Gasteiger partial charge in [-0.15, -0.1) is 0 Å². The van der Waals surface area contributed by atoms with E-state index < -0.39 is 0 Å². The van der Waals surface area contributed by atoms with Crippen molar-refractivity contribution in [3.05, 3.63) is 60.4 Å². The molecule has 0 saturated carbocycles. The lowest BCUT2D eigenvalue weighted by atomic mass is 10.1. The van der Waals surface area contributed by atoms with Crippen molar-refractivity contribution >= 4 is 5.91 Å². The molecule has 19 heavy (non-hydrogen) atoms. The second-order valence-electron chi connectivity index (χ2n) is 4.55. The van der Waals surface area contributed by atoms with Gasteiger partial charge in [0.05, 0.1) is 11.3 Å². The van der Waals surface area contributed by atoms with Gasteiger partial charge in [-0.3, -0.25) is 4.79 Å². The molecule has 1 aliphatic carbocycles. The van der Waals surface area contributed by atoms with E-state index in [1.807, 2.05) is 36.5 Å². The molecular weight excluding hydrogens is 238 g/mol. The van der Waals surface area contributed by atoms with E-state index >= 15 is 0 Å². The molecule has 1 aromatic heterocycles. The maximum atomic E-state index is 12.3. The molecule has 0 fully saturated rings. The van der Waals surface area contributed by atoms with Crippen LogP contribution in [0.25, 0.3) is 5.69 Å². The Morgan fingerprint density at radius 1 is 1.32 bits per heavy atom. The summed E-state index contributed by atoms with van der Waals surface area (Å²) in [5.41, 5.74) is 1.44. The Labute approximate surface area is 111 Å². The van der Waals surface area contributed by atoms with Crippen molar-refractivity contribution in [3.8, 4) is 5.69 Å². The highest BCUT2D eigenvalue weighted by atomic mass is 16.1. The number of rotatable bonds is 3. The zero-order valence-corrected chi connectivity index (χ0v) is 10.5. The number of nitrogens with zero attached hydrogens (tertiary/aromatic N) is 2. The normalized spacial score (nSPS) is 17.6. The van der Waals surface area contributed by atoms with Gasteiger partial charge in [0.1, 0.15) is 0 Å². The highest BCUT2D eigenvalue weighted by molar-refractivity contribution is 5.98. The van der Waals surface area contributed by atoms with Crippen LogP contribution in [0, 0.1) is 0 Å². The van der Waals surface area contributed by atoms with Gasteiger partial charge in [-0.25, -0.2) is 4.68 Å². The molecular formula is C15H15N3O. The van der Waals surface area contributed by atoms with Crippen LogP contribution >= 0.6 is 0 Å². The standard InChI is InChI=1S/C15H15N3O/c19-15(17-12-6-1-2-7-12)13-8-3-4-9-14(13)18-11-5-10-16-18/h1,3-6,8-12H,2,7H2,(H,17,19). The van der Waals surface area contributed by atoms with E-state index in [4.69, 9.17) is 0 Å². The molecule has 1 N–H and O–H groups in total. The van der Waals surface area contributed by atoms with Gasteiger partial charge < -0.3 is 5.32 Å². The minimum Gasteiger partial charge on any atom is -0.346 e. The number of aromatic nitrogens is 2. The molecule has 1 aliphatic rings. The monoisotopic (exact) mass is 253 g/mol. The van der Waals surface area contributed by atoms with Gasteiger partial charge in [-0.1, -0.05) is 24.3 Å². The molecule has 3 rings (SSSR count). The maximum absolute atomic E-state index is 12.3. The zero-order chi connectivity index (χ0) is 13.1. The van der Waals surface area contributed by atoms with E-state index in [-0.39, 0.29) is 11.9 Å². The van der Waals surface area contributed by atoms with Crippen LogP contribution in [0.5, 0.6) is 0 Å². The number of benzene rings is 1. The largest absolute Gasteiger partial charge is 0.346 e. The number of allylic oxidation sites excluding steroid dienone is 1. The van der Waals surface area contributed by atoms with E-state index in [2.05, 4.69) is 22.6 Å². The Bertz CT molecular complexity index is 602. The summed E-state index contributed by atoms with van der Waals surface area (Å²) in [5.74, 6) is -0.0531. The molecule has 0 spiro atoms. The van der Waals surface area contributed by atoms with Crippen molar-refractivity contribution in [2.45, 2.75) is 18.9 Å². The van der Waals surface area contributed by atoms with Crippen LogP contribution in [-0.2, 0) is 0 Å². The van der Waals surface area contributed by atoms with Gasteiger partial charge in [0, 0.05) is 18.4 Å². The summed E-state index contributed by atoms with van der Waals surface area (Å²) in [7, 11) is 0. The minimum absolute atomic E-state index is 0.0531. The zero-order valence-electron chi connectivity index (χ0n) is 10.5. The first kappa shape index (κ1) is 11.7. The Balaban J connectivity index is 1.87. The summed E-state index contributed by atoms with van der Waals surface area (Å²) in [6.07, 6.45) is 9.70. The highest BCUT2D eigenvalue weighted by Crippen LogP contribution is 2.15. The predicted octanol–water partition coefficient (Wildman–Crippen LogP) is 2.32. The minimum atomic E-state index is -0.0531. The third-order valence-corrected chi connectivity index (χ3v) is 3.23. The fourth-order valence-electron chi connectivity index (χ4n) is 2.28. The van der Waals surface area contributed by atoms with E-state index in [9.17, 15) is 4.79 Å². The second kappa shape index (κ2) is 5.10. The Kier molecular flexibility index (Phi) is 3.14. The summed E-state index contributed by atoms with van der Waals surface area (Å²) < 4.78 is 1.71. The van der Waals surface area contributed by atoms with E-state index in [0.717, 1.165) is 18.5 Å². The van der Waals surface area contributed by atoms with Crippen molar-refractivity contribution in [1.29, 1.82) is 0 Å². The van der Waals surface area contributed by atoms with E-state index in [1.165, 1.54) is 0 Å². The van der Waals surface area contributed by atoms with Gasteiger partial charge in [0.25, 0.3) is 5.91 Å². The molecule has 1 heterocycles. The average Bonchev–Trinajstić information content (AvgIpc) is 3.11. The lowest BCUT2D eigenvalue weighted by Crippen LogP contribution is -2.32. The first-order valence-electron chi connectivity index (χ1n) is 6.41. The molecule has 4 nitrogen and oxygen atoms in total. The maximum Gasteiger partial charge on any atom is 0.253 e. The topological polar surface area (TPSA) is 46.9 Å². The summed E-state index contributed by atoms with van der Waals surface area (Å²) in [5, 5.41) is 7.21. The number of nitrogens with one attached hydrogen (secondary N) is 1. The van der Waals surface area contributed by atoms with Gasteiger partial charge in [-0.05, 0) is 31.0 Å². The van der Waals surface area contributed by atoms with E-state index in [0.29, 0.717) is 5.56 Å². The van der Waals surface area contributed by atoms with E-state index in [1.54, 1.807) is 10.9 Å². The molecule has 0 bridgehead atoms. The van der Waals surface area contributed by atoms with Crippen LogP contribution in [0.15, 0.2) is 54.9 Å². The van der Waals surface area contributed by atoms with Crippen molar-refractivity contribution in [1.82, 2.24) is 15.1 Å². The van der Waals surface area contributed by atoms with Crippen LogP contribution in [-0.4, -0.2) is 21.7 Å². The lowest BCUT2D eigenvalue weighted by molar-refractivity contribution is 0.0944. The predicted molar refractivity (Wildman–Crippen MR) is 73.2 cm³/mol. The number of carbonyl (C=O) groups excluding carboxylic acids is 1. The third-order valence-electron chi connectivity index (χ3n) is 3.23. The van der Waals surface area contributed by atoms with Gasteiger partial charge >= 0.3 is 0 Å². The molecule has 4 heteroatoms. The van der Waals surface area contributed by atoms with Gasteiger partial charge in [-0.2, -0.15) is 5.10 Å². The molecule has 1 amide bonds. The molecule has 2 aromatic rings. The third kappa shape index (κ3) is 2.42. The molecule has 1 aromatic carbocycles. The van der Waals surface area contributed by atoms with Crippen molar-refractivity contribution in [2.24, 2.45) is 0 Å². The summed E-state index contributed by atoms with van der Waals surface area (Å²) in [4.78, 5) is 12.3. The summed E-state index contributed by atoms with van der Waals surface area (Å²) in [6.45, 7) is 0. The fraction of sp³-hybridized carbons (Fsp3) is 0.200. The molecule has 96 valence electrons. The van der Waals surface area contributed by atoms with Crippen molar-refractivity contribution < 1.29 is 4.79 Å². The number of amides is 1. The average molecular weight is 253 g/mol. The van der Waals surface area contributed by atoms with Gasteiger partial charge in [0.15, 0.2) is 0 Å². The summed E-state index contributed by atoms with van der Waals surface area (Å²) in [6, 6.07) is 9.49. The van der Waals surface area contributed by atoms with Crippen LogP contribution in [0.4, 0.5) is 0 Å². The van der Waals surface area contributed by atoms with Crippen LogP contribution in [0.1, 0.15) is 23.2 Å². The molecule has 0 radical (unpaired) electrons. The Morgan fingerprint density at radius 3 is 2.95 bits per heavy atom. The van der Waals surface area contributed by atoms with Crippen molar-refractivity contribution in [3.63, 3.8) is 0 Å². The number of hydrogen-bond acceptors (Lipinski definition) is 2.